The minimum absolute atomic E-state index is 0.0807. The van der Waals surface area contributed by atoms with E-state index in [0.29, 0.717) is 0 Å². The van der Waals surface area contributed by atoms with Gasteiger partial charge in [0.25, 0.3) is 0 Å². The topological polar surface area (TPSA) is 35.2 Å². The Morgan fingerprint density at radius 2 is 1.94 bits per heavy atom. The Kier molecular flexibility index (Phi) is 4.97. The molecule has 0 aliphatic rings. The number of aryl methyl sites for hydroxylation is 2. The number of rotatable bonds is 5. The molecular weight excluding hydrogens is 198 g/mol. The highest BCUT2D eigenvalue weighted by Crippen LogP contribution is 2.13. The van der Waals surface area contributed by atoms with Crippen LogP contribution in [-0.4, -0.2) is 19.3 Å². The van der Waals surface area contributed by atoms with E-state index in [9.17, 15) is 0 Å². The summed E-state index contributed by atoms with van der Waals surface area (Å²) in [4.78, 5) is 0. The van der Waals surface area contributed by atoms with Crippen LogP contribution in [0.1, 0.15) is 30.0 Å². The second-order valence-electron chi connectivity index (χ2n) is 4.47. The molecule has 2 unspecified atom stereocenters. The maximum Gasteiger partial charge on any atom is 0.0722 e. The van der Waals surface area contributed by atoms with E-state index in [2.05, 4.69) is 39.0 Å². The van der Waals surface area contributed by atoms with Crippen molar-refractivity contribution in [3.63, 3.8) is 0 Å². The lowest BCUT2D eigenvalue weighted by Gasteiger charge is -2.21. The zero-order valence-electron chi connectivity index (χ0n) is 10.8. The van der Waals surface area contributed by atoms with Crippen molar-refractivity contribution in [2.75, 3.05) is 7.11 Å². The van der Waals surface area contributed by atoms with Gasteiger partial charge in [0, 0.05) is 13.2 Å². The summed E-state index contributed by atoms with van der Waals surface area (Å²) in [7, 11) is 1.73. The first kappa shape index (κ1) is 13.2. The number of nitrogens with two attached hydrogens (primary N) is 1. The summed E-state index contributed by atoms with van der Waals surface area (Å²) >= 11 is 0. The Hall–Kier alpha value is -0.860. The Bertz CT molecular complexity index is 332. The van der Waals surface area contributed by atoms with Gasteiger partial charge in [0.05, 0.1) is 6.10 Å². The average Bonchev–Trinajstić information content (AvgIpc) is 2.25. The predicted octanol–water partition coefficient (Wildman–Crippen LogP) is 2.60. The minimum Gasteiger partial charge on any atom is -0.380 e. The maximum absolute atomic E-state index is 6.13. The van der Waals surface area contributed by atoms with Gasteiger partial charge in [-0.15, -0.1) is 0 Å². The second-order valence-corrected chi connectivity index (χ2v) is 4.47. The summed E-state index contributed by atoms with van der Waals surface area (Å²) in [6.45, 7) is 6.37. The second kappa shape index (κ2) is 6.02. The molecule has 0 aliphatic heterocycles. The monoisotopic (exact) mass is 221 g/mol. The Balaban J connectivity index is 2.69. The zero-order chi connectivity index (χ0) is 12.1. The molecule has 2 N–H and O–H groups in total. The van der Waals surface area contributed by atoms with Gasteiger partial charge in [-0.3, -0.25) is 0 Å². The van der Waals surface area contributed by atoms with Crippen molar-refractivity contribution in [1.82, 2.24) is 0 Å². The Morgan fingerprint density at radius 3 is 2.44 bits per heavy atom. The van der Waals surface area contributed by atoms with Crippen LogP contribution in [0.3, 0.4) is 0 Å². The number of hydrogen-bond acceptors (Lipinski definition) is 2. The van der Waals surface area contributed by atoms with Crippen LogP contribution < -0.4 is 5.73 Å². The molecule has 2 nitrogen and oxygen atoms in total. The van der Waals surface area contributed by atoms with Crippen molar-refractivity contribution in [1.29, 1.82) is 0 Å². The van der Waals surface area contributed by atoms with Crippen LogP contribution in [-0.2, 0) is 11.2 Å². The molecule has 2 atom stereocenters. The molecule has 0 amide bonds. The summed E-state index contributed by atoms with van der Waals surface area (Å²) in [5, 5.41) is 0. The summed E-state index contributed by atoms with van der Waals surface area (Å²) in [6.07, 6.45) is 2.00. The maximum atomic E-state index is 6.13. The number of ether oxygens (including phenoxy) is 1. The molecule has 1 aromatic rings. The molecule has 0 radical (unpaired) electrons. The normalized spacial score (nSPS) is 14.8. The molecule has 0 spiro atoms. The van der Waals surface area contributed by atoms with E-state index in [4.69, 9.17) is 10.5 Å². The van der Waals surface area contributed by atoms with Gasteiger partial charge in [0.15, 0.2) is 0 Å². The van der Waals surface area contributed by atoms with E-state index >= 15 is 0 Å². The van der Waals surface area contributed by atoms with E-state index in [1.165, 1.54) is 16.7 Å². The molecule has 0 aromatic heterocycles. The molecule has 0 saturated heterocycles. The third-order valence-corrected chi connectivity index (χ3v) is 3.23. The molecule has 0 bridgehead atoms. The first-order valence-electron chi connectivity index (χ1n) is 5.93. The van der Waals surface area contributed by atoms with Crippen LogP contribution in [0.15, 0.2) is 18.2 Å². The van der Waals surface area contributed by atoms with Gasteiger partial charge >= 0.3 is 0 Å². The average molecular weight is 221 g/mol. The molecule has 2 heteroatoms. The molecule has 90 valence electrons. The van der Waals surface area contributed by atoms with Crippen molar-refractivity contribution in [3.8, 4) is 0 Å². The lowest BCUT2D eigenvalue weighted by Crippen LogP contribution is -2.37. The highest BCUT2D eigenvalue weighted by Gasteiger charge is 2.15. The quantitative estimate of drug-likeness (QED) is 0.829. The molecule has 0 fully saturated rings. The predicted molar refractivity (Wildman–Crippen MR) is 68.7 cm³/mol. The molecule has 1 aromatic carbocycles. The van der Waals surface area contributed by atoms with Crippen LogP contribution >= 0.6 is 0 Å². The van der Waals surface area contributed by atoms with E-state index in [1.807, 2.05) is 0 Å². The Labute approximate surface area is 98.8 Å². The van der Waals surface area contributed by atoms with Gasteiger partial charge in [0.1, 0.15) is 0 Å². The van der Waals surface area contributed by atoms with Crippen molar-refractivity contribution < 1.29 is 4.74 Å². The summed E-state index contributed by atoms with van der Waals surface area (Å²) in [5.41, 5.74) is 10.1. The molecule has 0 heterocycles. The van der Waals surface area contributed by atoms with Crippen molar-refractivity contribution in [3.05, 3.63) is 34.9 Å². The van der Waals surface area contributed by atoms with Gasteiger partial charge in [-0.25, -0.2) is 0 Å². The van der Waals surface area contributed by atoms with Crippen LogP contribution in [0.2, 0.25) is 0 Å². The van der Waals surface area contributed by atoms with Gasteiger partial charge in [-0.1, -0.05) is 25.1 Å². The minimum atomic E-state index is 0.0807. The lowest BCUT2D eigenvalue weighted by atomic mass is 9.97. The van der Waals surface area contributed by atoms with E-state index in [-0.39, 0.29) is 12.1 Å². The molecule has 1 rings (SSSR count). The van der Waals surface area contributed by atoms with Gasteiger partial charge in [-0.2, -0.15) is 0 Å². The summed E-state index contributed by atoms with van der Waals surface area (Å²) < 4.78 is 5.36. The third kappa shape index (κ3) is 3.32. The van der Waals surface area contributed by atoms with Crippen molar-refractivity contribution >= 4 is 0 Å². The standard InChI is InChI=1S/C14H23NO/c1-5-14(16-4)13(15)9-12-7-6-10(2)11(3)8-12/h6-8,13-14H,5,9,15H2,1-4H3. The van der Waals surface area contributed by atoms with Crippen LogP contribution in [0, 0.1) is 13.8 Å². The first-order valence-corrected chi connectivity index (χ1v) is 5.93. The van der Waals surface area contributed by atoms with Crippen LogP contribution in [0.4, 0.5) is 0 Å². The van der Waals surface area contributed by atoms with Gasteiger partial charge < -0.3 is 10.5 Å². The fraction of sp³-hybridized carbons (Fsp3) is 0.571. The SMILES string of the molecule is CCC(OC)C(N)Cc1ccc(C)c(C)c1. The summed E-state index contributed by atoms with van der Waals surface area (Å²) in [6, 6.07) is 6.62. The lowest BCUT2D eigenvalue weighted by molar-refractivity contribution is 0.0773. The highest BCUT2D eigenvalue weighted by atomic mass is 16.5. The smallest absolute Gasteiger partial charge is 0.0722 e. The molecule has 16 heavy (non-hydrogen) atoms. The van der Waals surface area contributed by atoms with Crippen molar-refractivity contribution in [2.24, 2.45) is 5.73 Å². The van der Waals surface area contributed by atoms with E-state index in [0.717, 1.165) is 12.8 Å². The first-order chi connectivity index (χ1) is 7.58. The zero-order valence-corrected chi connectivity index (χ0v) is 10.8. The summed E-state index contributed by atoms with van der Waals surface area (Å²) in [5.74, 6) is 0. The molecule has 0 aliphatic carbocycles. The van der Waals surface area contributed by atoms with Crippen LogP contribution in [0.5, 0.6) is 0 Å². The number of hydrogen-bond donors (Lipinski definition) is 1. The fourth-order valence-electron chi connectivity index (χ4n) is 1.98. The van der Waals surface area contributed by atoms with Crippen molar-refractivity contribution in [2.45, 2.75) is 45.8 Å². The molecular formula is C14H23NO. The largest absolute Gasteiger partial charge is 0.380 e. The number of methoxy groups -OCH3 is 1. The Morgan fingerprint density at radius 1 is 1.25 bits per heavy atom. The van der Waals surface area contributed by atoms with Gasteiger partial charge in [-0.05, 0) is 43.4 Å². The van der Waals surface area contributed by atoms with Gasteiger partial charge in [0.2, 0.25) is 0 Å². The van der Waals surface area contributed by atoms with E-state index in [1.54, 1.807) is 7.11 Å². The molecule has 0 saturated carbocycles. The van der Waals surface area contributed by atoms with Crippen LogP contribution in [0.25, 0.3) is 0 Å². The fourth-order valence-corrected chi connectivity index (χ4v) is 1.98. The third-order valence-electron chi connectivity index (χ3n) is 3.23. The number of benzene rings is 1. The van der Waals surface area contributed by atoms with E-state index < -0.39 is 0 Å². The highest BCUT2D eigenvalue weighted by molar-refractivity contribution is 5.30.